The predicted molar refractivity (Wildman–Crippen MR) is 75.8 cm³/mol. The number of anilines is 1. The number of carbonyl (C=O) groups is 1. The van der Waals surface area contributed by atoms with Crippen molar-refractivity contribution in [3.8, 4) is 5.75 Å². The van der Waals surface area contributed by atoms with E-state index in [4.69, 9.17) is 9.84 Å². The van der Waals surface area contributed by atoms with Crippen LogP contribution in [-0.4, -0.2) is 23.8 Å². The van der Waals surface area contributed by atoms with E-state index in [0.29, 0.717) is 11.4 Å². The van der Waals surface area contributed by atoms with Crippen molar-refractivity contribution in [1.82, 2.24) is 0 Å². The van der Waals surface area contributed by atoms with E-state index in [1.165, 1.54) is 7.05 Å². The minimum Gasteiger partial charge on any atom is -0.482 e. The number of nitrogens with zero attached hydrogens (tertiary/aromatic N) is 1. The average Bonchev–Trinajstić information content (AvgIpc) is 2.35. The van der Waals surface area contributed by atoms with Crippen LogP contribution in [-0.2, 0) is 0 Å². The summed E-state index contributed by atoms with van der Waals surface area (Å²) in [6, 6.07) is 5.34. The Morgan fingerprint density at radius 1 is 1.47 bits per heavy atom. The van der Waals surface area contributed by atoms with Crippen LogP contribution in [0.15, 0.2) is 36.4 Å². The molecule has 0 radical (unpaired) electrons. The van der Waals surface area contributed by atoms with Gasteiger partial charge in [0.1, 0.15) is 11.4 Å². The molecule has 0 saturated carbocycles. The summed E-state index contributed by atoms with van der Waals surface area (Å²) in [6.07, 6.45) is 2.79. The molecule has 100 valence electrons. The zero-order valence-electron chi connectivity index (χ0n) is 11.3. The molecular weight excluding hydrogens is 242 g/mol. The number of ether oxygens (including phenoxy) is 1. The van der Waals surface area contributed by atoms with Gasteiger partial charge >= 0.3 is 6.09 Å². The molecule has 0 atom stereocenters. The molecule has 4 heteroatoms. The summed E-state index contributed by atoms with van der Waals surface area (Å²) in [5.74, 6) is 0.682. The fourth-order valence-corrected chi connectivity index (χ4v) is 2.03. The zero-order valence-corrected chi connectivity index (χ0v) is 11.3. The summed E-state index contributed by atoms with van der Waals surface area (Å²) in [4.78, 5) is 12.1. The van der Waals surface area contributed by atoms with Crippen LogP contribution in [0.5, 0.6) is 5.75 Å². The fraction of sp³-hybridized carbons (Fsp3) is 0.267. The second-order valence-electron chi connectivity index (χ2n) is 4.98. The lowest BCUT2D eigenvalue weighted by Gasteiger charge is -2.33. The van der Waals surface area contributed by atoms with Gasteiger partial charge in [0.25, 0.3) is 0 Å². The minimum atomic E-state index is -1.00. The quantitative estimate of drug-likeness (QED) is 0.883. The molecule has 0 bridgehead atoms. The van der Waals surface area contributed by atoms with Crippen LogP contribution in [0.3, 0.4) is 0 Å². The lowest BCUT2D eigenvalue weighted by Crippen LogP contribution is -2.32. The third-order valence-electron chi connectivity index (χ3n) is 3.26. The van der Waals surface area contributed by atoms with Gasteiger partial charge in [-0.25, -0.2) is 4.79 Å². The Bertz CT molecular complexity index is 573. The van der Waals surface area contributed by atoms with Crippen LogP contribution in [0.4, 0.5) is 10.5 Å². The van der Waals surface area contributed by atoms with Gasteiger partial charge in [-0.1, -0.05) is 12.7 Å². The highest BCUT2D eigenvalue weighted by molar-refractivity contribution is 5.86. The summed E-state index contributed by atoms with van der Waals surface area (Å²) in [5, 5.41) is 8.98. The molecule has 0 unspecified atom stereocenters. The molecule has 1 aliphatic rings. The number of hydrogen-bond donors (Lipinski definition) is 1. The van der Waals surface area contributed by atoms with E-state index in [1.54, 1.807) is 18.2 Å². The first-order valence-electron chi connectivity index (χ1n) is 5.99. The van der Waals surface area contributed by atoms with Gasteiger partial charge in [0, 0.05) is 18.7 Å². The van der Waals surface area contributed by atoms with E-state index in [9.17, 15) is 4.79 Å². The first kappa shape index (κ1) is 13.2. The molecule has 0 fully saturated rings. The van der Waals surface area contributed by atoms with Gasteiger partial charge in [0.05, 0.1) is 5.69 Å². The second-order valence-corrected chi connectivity index (χ2v) is 4.98. The number of hydrogen-bond acceptors (Lipinski definition) is 2. The third-order valence-corrected chi connectivity index (χ3v) is 3.26. The number of benzene rings is 1. The second kappa shape index (κ2) is 4.46. The van der Waals surface area contributed by atoms with Crippen LogP contribution in [0.1, 0.15) is 19.4 Å². The van der Waals surface area contributed by atoms with Crippen molar-refractivity contribution >= 4 is 17.9 Å². The van der Waals surface area contributed by atoms with E-state index in [0.717, 1.165) is 16.0 Å². The highest BCUT2D eigenvalue weighted by Gasteiger charge is 2.28. The maximum atomic E-state index is 11.0. The third kappa shape index (κ3) is 2.34. The van der Waals surface area contributed by atoms with Gasteiger partial charge in [-0.2, -0.15) is 0 Å². The van der Waals surface area contributed by atoms with Gasteiger partial charge in [-0.15, -0.1) is 0 Å². The Morgan fingerprint density at radius 3 is 2.74 bits per heavy atom. The Labute approximate surface area is 112 Å². The smallest absolute Gasteiger partial charge is 0.411 e. The van der Waals surface area contributed by atoms with Gasteiger partial charge in [-0.05, 0) is 37.6 Å². The summed E-state index contributed by atoms with van der Waals surface area (Å²) < 4.78 is 5.93. The molecule has 1 aromatic rings. The maximum absolute atomic E-state index is 11.0. The fourth-order valence-electron chi connectivity index (χ4n) is 2.03. The van der Waals surface area contributed by atoms with Crippen molar-refractivity contribution in [3.63, 3.8) is 0 Å². The summed E-state index contributed by atoms with van der Waals surface area (Å²) in [5.41, 5.74) is 2.04. The van der Waals surface area contributed by atoms with Crippen LogP contribution >= 0.6 is 0 Å². The Morgan fingerprint density at radius 2 is 2.16 bits per heavy atom. The Hall–Kier alpha value is -2.23. The van der Waals surface area contributed by atoms with Crippen molar-refractivity contribution < 1.29 is 14.6 Å². The van der Waals surface area contributed by atoms with Crippen molar-refractivity contribution in [3.05, 3.63) is 42.0 Å². The molecule has 1 aliphatic heterocycles. The minimum absolute atomic E-state index is 0.463. The predicted octanol–water partition coefficient (Wildman–Crippen LogP) is 3.54. The Balaban J connectivity index is 2.47. The van der Waals surface area contributed by atoms with Gasteiger partial charge in [0.2, 0.25) is 0 Å². The molecule has 1 N–H and O–H groups in total. The highest BCUT2D eigenvalue weighted by atomic mass is 16.5. The summed E-state index contributed by atoms with van der Waals surface area (Å²) in [6.45, 7) is 7.70. The summed E-state index contributed by atoms with van der Waals surface area (Å²) in [7, 11) is 1.50. The number of rotatable bonds is 2. The summed E-state index contributed by atoms with van der Waals surface area (Å²) >= 11 is 0. The van der Waals surface area contributed by atoms with Crippen molar-refractivity contribution in [1.29, 1.82) is 0 Å². The lowest BCUT2D eigenvalue weighted by atomic mass is 9.92. The van der Waals surface area contributed by atoms with Crippen LogP contribution in [0.25, 0.3) is 6.08 Å². The average molecular weight is 259 g/mol. The van der Waals surface area contributed by atoms with Crippen molar-refractivity contribution in [2.75, 3.05) is 11.9 Å². The molecule has 2 rings (SSSR count). The van der Waals surface area contributed by atoms with Gasteiger partial charge in [0.15, 0.2) is 0 Å². The van der Waals surface area contributed by atoms with E-state index >= 15 is 0 Å². The number of carboxylic acid groups (broad SMARTS) is 1. The molecule has 1 aromatic carbocycles. The molecule has 4 nitrogen and oxygen atoms in total. The first-order chi connectivity index (χ1) is 8.85. The first-order valence-corrected chi connectivity index (χ1v) is 5.99. The highest BCUT2D eigenvalue weighted by Crippen LogP contribution is 2.37. The van der Waals surface area contributed by atoms with Crippen LogP contribution in [0.2, 0.25) is 0 Å². The largest absolute Gasteiger partial charge is 0.482 e. The molecule has 0 aromatic heterocycles. The topological polar surface area (TPSA) is 49.8 Å². The van der Waals surface area contributed by atoms with Crippen LogP contribution in [0, 0.1) is 0 Å². The Kier molecular flexibility index (Phi) is 3.10. The van der Waals surface area contributed by atoms with Crippen molar-refractivity contribution in [2.45, 2.75) is 19.4 Å². The molecule has 19 heavy (non-hydrogen) atoms. The molecule has 0 saturated heterocycles. The van der Waals surface area contributed by atoms with Crippen molar-refractivity contribution in [2.24, 2.45) is 0 Å². The number of fused-ring (bicyclic) bond motifs is 1. The lowest BCUT2D eigenvalue weighted by molar-refractivity contribution is 0.149. The monoisotopic (exact) mass is 259 g/mol. The van der Waals surface area contributed by atoms with Gasteiger partial charge < -0.3 is 9.84 Å². The maximum Gasteiger partial charge on any atom is 0.411 e. The van der Waals surface area contributed by atoms with E-state index in [1.807, 2.05) is 26.0 Å². The van der Waals surface area contributed by atoms with E-state index in [2.05, 4.69) is 6.58 Å². The molecule has 1 amide bonds. The molecule has 0 spiro atoms. The van der Waals surface area contributed by atoms with E-state index < -0.39 is 11.7 Å². The molecule has 0 aliphatic carbocycles. The van der Waals surface area contributed by atoms with Crippen LogP contribution < -0.4 is 9.64 Å². The normalized spacial score (nSPS) is 15.8. The molecule has 1 heterocycles. The number of amides is 1. The van der Waals surface area contributed by atoms with E-state index in [-0.39, 0.29) is 0 Å². The standard InChI is InChI=1S/C15H17NO3/c1-5-11-8-10-6-7-12(16(4)14(17)18)9-13(10)19-15(11,2)3/h5-9H,1H2,2-4H3,(H,17,18). The molecular formula is C15H17NO3. The SMILES string of the molecule is C=CC1=Cc2ccc(N(C)C(=O)O)cc2OC1(C)C. The van der Waals surface area contributed by atoms with Gasteiger partial charge in [-0.3, -0.25) is 4.90 Å². The zero-order chi connectivity index (χ0) is 14.2.